The van der Waals surface area contributed by atoms with E-state index in [2.05, 4.69) is 199 Å². The summed E-state index contributed by atoms with van der Waals surface area (Å²) < 4.78 is 9.65. The summed E-state index contributed by atoms with van der Waals surface area (Å²) in [6, 6.07) is 66.4. The molecule has 10 aromatic rings. The Hall–Kier alpha value is -6.82. The number of thiophene rings is 1. The van der Waals surface area contributed by atoms with Crippen LogP contribution in [-0.4, -0.2) is 6.71 Å². The Bertz CT molecular complexity index is 3210. The zero-order valence-corrected chi connectivity index (χ0v) is 31.4. The number of nitrogens with zero attached hydrogens (tertiary/aromatic N) is 2. The van der Waals surface area contributed by atoms with Crippen LogP contribution in [0.3, 0.4) is 0 Å². The Morgan fingerprint density at radius 2 is 1.18 bits per heavy atom. The van der Waals surface area contributed by atoms with Crippen molar-refractivity contribution in [3.63, 3.8) is 0 Å². The predicted octanol–water partition coefficient (Wildman–Crippen LogP) is 12.5. The summed E-state index contributed by atoms with van der Waals surface area (Å²) in [5.74, 6) is 1.78. The summed E-state index contributed by atoms with van der Waals surface area (Å²) in [4.78, 5) is 4.87. The Morgan fingerprint density at radius 1 is 0.518 bits per heavy atom. The van der Waals surface area contributed by atoms with Gasteiger partial charge in [0, 0.05) is 55.4 Å². The molecular formula is C51H33BN2OS. The zero-order valence-electron chi connectivity index (χ0n) is 30.6. The topological polar surface area (TPSA) is 15.7 Å². The molecule has 1 aromatic heterocycles. The normalized spacial score (nSPS) is 12.8. The van der Waals surface area contributed by atoms with Gasteiger partial charge in [0.25, 0.3) is 6.71 Å². The van der Waals surface area contributed by atoms with E-state index in [9.17, 15) is 0 Å². The van der Waals surface area contributed by atoms with Gasteiger partial charge in [-0.05, 0) is 94.1 Å². The zero-order chi connectivity index (χ0) is 36.9. The molecule has 0 spiro atoms. The average Bonchev–Trinajstić information content (AvgIpc) is 3.64. The summed E-state index contributed by atoms with van der Waals surface area (Å²) in [6.45, 7) is 2.11. The van der Waals surface area contributed by atoms with E-state index in [0.717, 1.165) is 39.9 Å². The van der Waals surface area contributed by atoms with Crippen molar-refractivity contribution in [1.82, 2.24) is 0 Å². The first-order valence-corrected chi connectivity index (χ1v) is 20.0. The highest BCUT2D eigenvalue weighted by molar-refractivity contribution is 7.26. The highest BCUT2D eigenvalue weighted by Gasteiger charge is 2.43. The van der Waals surface area contributed by atoms with Gasteiger partial charge in [-0.15, -0.1) is 11.3 Å². The van der Waals surface area contributed by atoms with Crippen molar-refractivity contribution in [1.29, 1.82) is 0 Å². The monoisotopic (exact) mass is 732 g/mol. The van der Waals surface area contributed by atoms with Crippen molar-refractivity contribution in [3.8, 4) is 11.5 Å². The highest BCUT2D eigenvalue weighted by atomic mass is 32.1. The highest BCUT2D eigenvalue weighted by Crippen LogP contribution is 2.48. The lowest BCUT2D eigenvalue weighted by atomic mass is 9.33. The van der Waals surface area contributed by atoms with E-state index in [0.29, 0.717) is 0 Å². The number of ether oxygens (including phenoxy) is 1. The van der Waals surface area contributed by atoms with Crippen LogP contribution >= 0.6 is 11.3 Å². The van der Waals surface area contributed by atoms with Crippen molar-refractivity contribution in [2.45, 2.75) is 6.92 Å². The molecule has 0 fully saturated rings. The molecule has 0 amide bonds. The molecule has 2 aliphatic heterocycles. The van der Waals surface area contributed by atoms with E-state index >= 15 is 0 Å². The van der Waals surface area contributed by atoms with Crippen molar-refractivity contribution in [2.75, 3.05) is 9.80 Å². The van der Waals surface area contributed by atoms with Gasteiger partial charge in [0.1, 0.15) is 11.5 Å². The predicted molar refractivity (Wildman–Crippen MR) is 240 cm³/mol. The maximum Gasteiger partial charge on any atom is 0.257 e. The first-order chi connectivity index (χ1) is 27.7. The molecule has 0 unspecified atom stereocenters. The second-order valence-corrected chi connectivity index (χ2v) is 15.9. The molecule has 12 rings (SSSR count). The Morgan fingerprint density at radius 3 is 2.00 bits per heavy atom. The summed E-state index contributed by atoms with van der Waals surface area (Å²) in [6.07, 6.45) is 0. The minimum atomic E-state index is -0.0395. The van der Waals surface area contributed by atoms with Crippen LogP contribution in [0.15, 0.2) is 182 Å². The van der Waals surface area contributed by atoms with Crippen LogP contribution < -0.4 is 30.9 Å². The fourth-order valence-electron chi connectivity index (χ4n) is 9.35. The van der Waals surface area contributed by atoms with E-state index in [-0.39, 0.29) is 6.71 Å². The second kappa shape index (κ2) is 12.1. The van der Waals surface area contributed by atoms with E-state index in [4.69, 9.17) is 4.74 Å². The molecule has 0 atom stereocenters. The van der Waals surface area contributed by atoms with Gasteiger partial charge >= 0.3 is 0 Å². The quantitative estimate of drug-likeness (QED) is 0.132. The molecule has 3 nitrogen and oxygen atoms in total. The maximum absolute atomic E-state index is 7.09. The second-order valence-electron chi connectivity index (χ2n) is 14.9. The molecule has 0 radical (unpaired) electrons. The van der Waals surface area contributed by atoms with E-state index in [1.807, 2.05) is 11.3 Å². The lowest BCUT2D eigenvalue weighted by molar-refractivity contribution is 0.487. The molecule has 2 aliphatic rings. The van der Waals surface area contributed by atoms with Gasteiger partial charge in [0.15, 0.2) is 0 Å². The van der Waals surface area contributed by atoms with Crippen LogP contribution in [0.5, 0.6) is 11.5 Å². The number of hydrogen-bond donors (Lipinski definition) is 0. The van der Waals surface area contributed by atoms with Crippen LogP contribution in [0.25, 0.3) is 41.7 Å². The lowest BCUT2D eigenvalue weighted by Crippen LogP contribution is -2.59. The summed E-state index contributed by atoms with van der Waals surface area (Å²) in [5, 5.41) is 7.60. The number of benzene rings is 9. The van der Waals surface area contributed by atoms with Gasteiger partial charge in [0.2, 0.25) is 0 Å². The summed E-state index contributed by atoms with van der Waals surface area (Å²) in [5.41, 5.74) is 11.8. The number of para-hydroxylation sites is 1. The van der Waals surface area contributed by atoms with Crippen molar-refractivity contribution < 1.29 is 4.74 Å². The number of hydrogen-bond acceptors (Lipinski definition) is 4. The fourth-order valence-corrected chi connectivity index (χ4v) is 10.6. The van der Waals surface area contributed by atoms with Gasteiger partial charge in [0.05, 0.1) is 10.4 Å². The Labute approximate surface area is 329 Å². The minimum absolute atomic E-state index is 0.0395. The van der Waals surface area contributed by atoms with Crippen LogP contribution in [0.1, 0.15) is 5.56 Å². The van der Waals surface area contributed by atoms with Gasteiger partial charge in [-0.1, -0.05) is 127 Å². The maximum atomic E-state index is 7.09. The number of anilines is 6. The molecule has 0 bridgehead atoms. The third-order valence-corrected chi connectivity index (χ3v) is 13.0. The first-order valence-electron chi connectivity index (χ1n) is 19.2. The third-order valence-electron chi connectivity index (χ3n) is 11.7. The first kappa shape index (κ1) is 31.5. The molecule has 3 heterocycles. The molecule has 0 saturated carbocycles. The average molecular weight is 733 g/mol. The smallest absolute Gasteiger partial charge is 0.257 e. The third kappa shape index (κ3) is 4.52. The van der Waals surface area contributed by atoms with Crippen LogP contribution in [0.2, 0.25) is 0 Å². The van der Waals surface area contributed by atoms with Gasteiger partial charge in [-0.3, -0.25) is 0 Å². The largest absolute Gasteiger partial charge is 0.458 e. The molecule has 0 aliphatic carbocycles. The minimum Gasteiger partial charge on any atom is -0.458 e. The van der Waals surface area contributed by atoms with Crippen molar-refractivity contribution >= 4 is 110 Å². The van der Waals surface area contributed by atoms with E-state index < -0.39 is 0 Å². The number of rotatable bonds is 4. The van der Waals surface area contributed by atoms with E-state index in [1.165, 1.54) is 69.4 Å². The number of aryl methyl sites for hydroxylation is 1. The van der Waals surface area contributed by atoms with Crippen molar-refractivity contribution in [3.05, 3.63) is 188 Å². The summed E-state index contributed by atoms with van der Waals surface area (Å²) >= 11 is 1.86. The summed E-state index contributed by atoms with van der Waals surface area (Å²) in [7, 11) is 0. The molecule has 5 heteroatoms. The Balaban J connectivity index is 1.12. The van der Waals surface area contributed by atoms with Crippen LogP contribution in [0.4, 0.5) is 34.1 Å². The molecule has 0 N–H and O–H groups in total. The number of fused-ring (bicyclic) bond motifs is 12. The van der Waals surface area contributed by atoms with Crippen LogP contribution in [0, 0.1) is 6.92 Å². The fraction of sp³-hybridized carbons (Fsp3) is 0.0196. The lowest BCUT2D eigenvalue weighted by Gasteiger charge is -2.41. The van der Waals surface area contributed by atoms with E-state index in [1.54, 1.807) is 0 Å². The standard InChI is InChI=1S/C51H33BN2OS/c1-32-25-27-34(28-26-32)53(44-22-11-20-41-38-17-9-10-24-47(38)56-51(41)44)35-29-30-42-46(31-35)55-45-23-12-21-43-49(45)52(42)48-39-18-7-5-15-36(39)37-16-6-8-19-40(37)50(48)54(43)33-13-3-2-4-14-33/h2-31H,1H3. The van der Waals surface area contributed by atoms with Gasteiger partial charge in [-0.25, -0.2) is 0 Å². The van der Waals surface area contributed by atoms with Crippen LogP contribution in [-0.2, 0) is 0 Å². The van der Waals surface area contributed by atoms with Gasteiger partial charge < -0.3 is 14.5 Å². The molecule has 0 saturated heterocycles. The Kier molecular flexibility index (Phi) is 6.81. The van der Waals surface area contributed by atoms with Gasteiger partial charge in [-0.2, -0.15) is 0 Å². The molecule has 9 aromatic carbocycles. The molecule has 56 heavy (non-hydrogen) atoms. The SMILES string of the molecule is Cc1ccc(N(c2ccc3c(c2)Oc2cccc4c2B3c2c(c3ccccc3c3ccccc23)N4c2ccccc2)c2cccc3c2sc2ccccc23)cc1. The molecular weight excluding hydrogens is 699 g/mol. The van der Waals surface area contributed by atoms with Crippen molar-refractivity contribution in [2.24, 2.45) is 0 Å². The molecule has 262 valence electrons.